The summed E-state index contributed by atoms with van der Waals surface area (Å²) in [4.78, 5) is 35.6. The number of aromatic amines is 2. The molecule has 3 aromatic carbocycles. The third-order valence-corrected chi connectivity index (χ3v) is 12.1. The van der Waals surface area contributed by atoms with E-state index >= 15 is 0 Å². The van der Waals surface area contributed by atoms with Gasteiger partial charge >= 0.3 is 0 Å². The van der Waals surface area contributed by atoms with Gasteiger partial charge in [-0.25, -0.2) is 24.4 Å². The number of hydrogen-bond donors (Lipinski definition) is 4. The lowest BCUT2D eigenvalue weighted by Crippen LogP contribution is -2.46. The van der Waals surface area contributed by atoms with Crippen molar-refractivity contribution in [2.45, 2.75) is 56.9 Å². The summed E-state index contributed by atoms with van der Waals surface area (Å²) >= 11 is 1.38. The highest BCUT2D eigenvalue weighted by Crippen LogP contribution is 2.37. The first-order valence-electron chi connectivity index (χ1n) is 17.2. The zero-order valence-corrected chi connectivity index (χ0v) is 31.4. The number of amides is 1. The number of nitrogens with one attached hydrogen (secondary N) is 4. The molecule has 1 saturated heterocycles. The van der Waals surface area contributed by atoms with Gasteiger partial charge in [-0.05, 0) is 102 Å². The van der Waals surface area contributed by atoms with Crippen LogP contribution in [0.25, 0.3) is 11.6 Å². The van der Waals surface area contributed by atoms with Crippen LogP contribution in [0.5, 0.6) is 0 Å². The van der Waals surface area contributed by atoms with E-state index in [1.165, 1.54) is 46.3 Å². The van der Waals surface area contributed by atoms with Crippen LogP contribution in [0.2, 0.25) is 0 Å². The number of carbonyl (C=O) groups is 1. The first-order valence-corrected chi connectivity index (χ1v) is 19.2. The molecule has 52 heavy (non-hydrogen) atoms. The Morgan fingerprint density at radius 3 is 2.21 bits per heavy atom. The molecule has 1 aliphatic rings. The summed E-state index contributed by atoms with van der Waals surface area (Å²) in [6.07, 6.45) is 4.48. The van der Waals surface area contributed by atoms with E-state index in [4.69, 9.17) is 19.5 Å². The van der Waals surface area contributed by atoms with Crippen LogP contribution in [-0.4, -0.2) is 56.4 Å². The summed E-state index contributed by atoms with van der Waals surface area (Å²) in [6, 6.07) is 22.8. The van der Waals surface area contributed by atoms with Crippen LogP contribution in [-0.2, 0) is 27.0 Å². The van der Waals surface area contributed by atoms with Gasteiger partial charge in [0.05, 0.1) is 42.1 Å². The molecule has 12 heteroatoms. The summed E-state index contributed by atoms with van der Waals surface area (Å²) in [7, 11) is 0.136. The van der Waals surface area contributed by atoms with Gasteiger partial charge in [-0.1, -0.05) is 48.5 Å². The molecule has 0 saturated carbocycles. The number of H-pyrrole nitrogens is 2. The molecule has 1 aliphatic heterocycles. The van der Waals surface area contributed by atoms with E-state index in [0.29, 0.717) is 29.7 Å². The number of hydroxylamine groups is 1. The number of hydrogen-bond acceptors (Lipinski definition) is 7. The zero-order chi connectivity index (χ0) is 36.4. The first-order chi connectivity index (χ1) is 25.2. The molecule has 0 spiro atoms. The summed E-state index contributed by atoms with van der Waals surface area (Å²) in [5.74, 6) is 0.779. The quantitative estimate of drug-likeness (QED) is 0.0950. The molecule has 0 bridgehead atoms. The standard InChI is InChI=1S/C40H42N6O4S2/c1-23-8-6-10-31(25(23)3)33(16-27-12-14-30(15-13-27)52(48)46-29-20-50-21-29)34-18-41-38(43-34)39-42-19-35(44-39)37(32-11-7-9-24(2)26(32)4)28-17-36(51-22-28)40(47)45-49-5/h6-15,17-19,22,29,33,37,46H,16,20-21H2,1-5H3,(H,41,43)(H,42,44)(H,45,47). The first kappa shape index (κ1) is 35.7. The molecule has 6 aromatic rings. The van der Waals surface area contributed by atoms with Gasteiger partial charge in [0.1, 0.15) is 11.0 Å². The van der Waals surface area contributed by atoms with E-state index in [-0.39, 0.29) is 23.8 Å². The Morgan fingerprint density at radius 1 is 0.923 bits per heavy atom. The molecule has 268 valence electrons. The number of aromatic nitrogens is 4. The highest BCUT2D eigenvalue weighted by molar-refractivity contribution is 7.83. The molecule has 3 unspecified atom stereocenters. The van der Waals surface area contributed by atoms with Gasteiger partial charge in [0.25, 0.3) is 5.91 Å². The van der Waals surface area contributed by atoms with E-state index in [0.717, 1.165) is 39.4 Å². The van der Waals surface area contributed by atoms with Gasteiger partial charge in [0, 0.05) is 29.7 Å². The van der Waals surface area contributed by atoms with Gasteiger partial charge in [0.15, 0.2) is 11.6 Å². The normalized spacial score (nSPS) is 14.9. The molecule has 4 heterocycles. The van der Waals surface area contributed by atoms with E-state index < -0.39 is 11.0 Å². The van der Waals surface area contributed by atoms with Crippen LogP contribution in [0.1, 0.15) is 77.4 Å². The number of imidazole rings is 2. The molecule has 4 N–H and O–H groups in total. The maximum Gasteiger partial charge on any atom is 0.284 e. The van der Waals surface area contributed by atoms with Crippen LogP contribution >= 0.6 is 11.3 Å². The Morgan fingerprint density at radius 2 is 1.56 bits per heavy atom. The Labute approximate surface area is 310 Å². The van der Waals surface area contributed by atoms with Crippen molar-refractivity contribution in [3.05, 3.63) is 145 Å². The largest absolute Gasteiger partial charge is 0.378 e. The van der Waals surface area contributed by atoms with Gasteiger partial charge in [-0.2, -0.15) is 0 Å². The highest BCUT2D eigenvalue weighted by atomic mass is 32.2. The number of carbonyl (C=O) groups excluding carboxylic acids is 1. The maximum atomic E-state index is 12.8. The monoisotopic (exact) mass is 734 g/mol. The van der Waals surface area contributed by atoms with Crippen molar-refractivity contribution in [1.29, 1.82) is 0 Å². The molecule has 0 aliphatic carbocycles. The fourth-order valence-electron chi connectivity index (χ4n) is 6.66. The average Bonchev–Trinajstić information content (AvgIpc) is 3.91. The molecule has 0 radical (unpaired) electrons. The molecule has 1 amide bonds. The van der Waals surface area contributed by atoms with E-state index in [1.54, 1.807) is 0 Å². The highest BCUT2D eigenvalue weighted by Gasteiger charge is 2.26. The Balaban J connectivity index is 1.20. The van der Waals surface area contributed by atoms with Gasteiger partial charge in [-0.15, -0.1) is 11.3 Å². The second-order valence-corrected chi connectivity index (χ2v) is 15.4. The SMILES string of the molecule is CONC(=O)c1cc(C(c2cnc(-c3ncc(C(Cc4ccc(S(=O)NC5COC5)cc4)c4cccc(C)c4C)[nH]3)[nH]2)c2cccc(C)c2C)cs1. The van der Waals surface area contributed by atoms with Crippen LogP contribution < -0.4 is 10.2 Å². The van der Waals surface area contributed by atoms with Crippen molar-refractivity contribution in [1.82, 2.24) is 30.1 Å². The minimum Gasteiger partial charge on any atom is -0.378 e. The Hall–Kier alpha value is -4.72. The fourth-order valence-corrected chi connectivity index (χ4v) is 8.44. The third kappa shape index (κ3) is 7.43. The molecule has 10 nitrogen and oxygen atoms in total. The zero-order valence-electron chi connectivity index (χ0n) is 29.8. The fraction of sp³-hybridized carbons (Fsp3) is 0.275. The third-order valence-electron chi connectivity index (χ3n) is 9.94. The van der Waals surface area contributed by atoms with Gasteiger partial charge in [0.2, 0.25) is 0 Å². The van der Waals surface area contributed by atoms with E-state index in [1.807, 2.05) is 36.0 Å². The topological polar surface area (TPSA) is 134 Å². The Kier molecular flexibility index (Phi) is 10.6. The number of rotatable bonds is 13. The lowest BCUT2D eigenvalue weighted by molar-refractivity contribution is 0.00540. The minimum atomic E-state index is -1.29. The molecule has 3 aromatic heterocycles. The second kappa shape index (κ2) is 15.5. The molecule has 7 rings (SSSR count). The lowest BCUT2D eigenvalue weighted by atomic mass is 9.86. The van der Waals surface area contributed by atoms with Crippen molar-refractivity contribution < 1.29 is 18.6 Å². The molecule has 1 fully saturated rings. The number of aryl methyl sites for hydroxylation is 2. The smallest absolute Gasteiger partial charge is 0.284 e. The van der Waals surface area contributed by atoms with Crippen molar-refractivity contribution >= 4 is 28.2 Å². The molecular formula is C40H42N6O4S2. The number of ether oxygens (including phenoxy) is 1. The maximum absolute atomic E-state index is 12.8. The van der Waals surface area contributed by atoms with E-state index in [2.05, 4.69) is 96.4 Å². The van der Waals surface area contributed by atoms with Crippen LogP contribution in [0.3, 0.4) is 0 Å². The number of benzene rings is 3. The summed E-state index contributed by atoms with van der Waals surface area (Å²) in [5, 5.41) is 2.02. The number of thiophene rings is 1. The summed E-state index contributed by atoms with van der Waals surface area (Å²) in [6.45, 7) is 9.71. The van der Waals surface area contributed by atoms with Crippen molar-refractivity contribution in [3.63, 3.8) is 0 Å². The van der Waals surface area contributed by atoms with Crippen molar-refractivity contribution in [2.24, 2.45) is 0 Å². The predicted molar refractivity (Wildman–Crippen MR) is 204 cm³/mol. The van der Waals surface area contributed by atoms with Gasteiger partial charge in [-0.3, -0.25) is 9.63 Å². The number of nitrogens with zero attached hydrogens (tertiary/aromatic N) is 2. The summed E-state index contributed by atoms with van der Waals surface area (Å²) < 4.78 is 21.2. The summed E-state index contributed by atoms with van der Waals surface area (Å²) in [5.41, 5.74) is 13.6. The Bertz CT molecular complexity index is 2220. The van der Waals surface area contributed by atoms with Gasteiger partial charge < -0.3 is 14.7 Å². The average molecular weight is 735 g/mol. The lowest BCUT2D eigenvalue weighted by Gasteiger charge is -2.26. The molecule has 3 atom stereocenters. The minimum absolute atomic E-state index is 0.0117. The van der Waals surface area contributed by atoms with E-state index in [9.17, 15) is 9.00 Å². The van der Waals surface area contributed by atoms with Crippen LogP contribution in [0, 0.1) is 27.7 Å². The van der Waals surface area contributed by atoms with Crippen molar-refractivity contribution in [3.8, 4) is 11.6 Å². The van der Waals surface area contributed by atoms with Crippen LogP contribution in [0.4, 0.5) is 0 Å². The van der Waals surface area contributed by atoms with Crippen LogP contribution in [0.15, 0.2) is 89.4 Å². The van der Waals surface area contributed by atoms with Crippen molar-refractivity contribution in [2.75, 3.05) is 20.3 Å². The predicted octanol–water partition coefficient (Wildman–Crippen LogP) is 6.95. The molecular weight excluding hydrogens is 693 g/mol. The second-order valence-electron chi connectivity index (χ2n) is 13.3.